The predicted molar refractivity (Wildman–Crippen MR) is 99.6 cm³/mol. The van der Waals surface area contributed by atoms with E-state index in [2.05, 4.69) is 26.8 Å². The summed E-state index contributed by atoms with van der Waals surface area (Å²) in [7, 11) is 0. The van der Waals surface area contributed by atoms with Crippen LogP contribution < -0.4 is 5.43 Å². The van der Waals surface area contributed by atoms with Crippen molar-refractivity contribution in [1.29, 1.82) is 0 Å². The number of fused-ring (bicyclic) bond motifs is 3. The highest BCUT2D eigenvalue weighted by Crippen LogP contribution is 2.33. The van der Waals surface area contributed by atoms with Gasteiger partial charge in [-0.15, -0.1) is 0 Å². The number of non-ortho nitro benzene ring substituents is 1. The molecule has 1 aliphatic rings. The van der Waals surface area contributed by atoms with Gasteiger partial charge >= 0.3 is 0 Å². The van der Waals surface area contributed by atoms with Crippen molar-refractivity contribution in [3.05, 3.63) is 81.0 Å². The van der Waals surface area contributed by atoms with Crippen LogP contribution in [0.25, 0.3) is 11.3 Å². The number of hydrogen-bond donors (Lipinski definition) is 2. The van der Waals surface area contributed by atoms with Crippen LogP contribution >= 0.6 is 0 Å². The molecule has 4 rings (SSSR count). The number of nitrogens with one attached hydrogen (secondary N) is 2. The van der Waals surface area contributed by atoms with E-state index in [1.54, 1.807) is 12.1 Å². The van der Waals surface area contributed by atoms with E-state index in [1.165, 1.54) is 23.9 Å². The zero-order valence-electron chi connectivity index (χ0n) is 14.2. The summed E-state index contributed by atoms with van der Waals surface area (Å²) in [6, 6.07) is 14.0. The maximum atomic E-state index is 12.5. The Kier molecular flexibility index (Phi) is 4.21. The molecule has 1 aromatic heterocycles. The van der Waals surface area contributed by atoms with Crippen molar-refractivity contribution in [1.82, 2.24) is 15.6 Å². The lowest BCUT2D eigenvalue weighted by Crippen LogP contribution is -2.20. The maximum absolute atomic E-state index is 12.5. The van der Waals surface area contributed by atoms with Gasteiger partial charge in [0.25, 0.3) is 11.6 Å². The molecule has 8 nitrogen and oxygen atoms in total. The third-order valence-corrected chi connectivity index (χ3v) is 4.47. The Bertz CT molecular complexity index is 1070. The number of hydrazone groups is 1. The first-order chi connectivity index (χ1) is 13.1. The molecule has 0 atom stereocenters. The van der Waals surface area contributed by atoms with Crippen molar-refractivity contribution in [3.8, 4) is 11.3 Å². The summed E-state index contributed by atoms with van der Waals surface area (Å²) < 4.78 is 0. The Labute approximate surface area is 154 Å². The molecule has 0 bridgehead atoms. The second-order valence-electron chi connectivity index (χ2n) is 6.13. The second kappa shape index (κ2) is 6.83. The van der Waals surface area contributed by atoms with Gasteiger partial charge in [0.1, 0.15) is 5.69 Å². The minimum absolute atomic E-state index is 0.0356. The van der Waals surface area contributed by atoms with Gasteiger partial charge in [0.15, 0.2) is 0 Å². The first kappa shape index (κ1) is 16.6. The fourth-order valence-corrected chi connectivity index (χ4v) is 3.19. The summed E-state index contributed by atoms with van der Waals surface area (Å²) >= 11 is 0. The third kappa shape index (κ3) is 3.20. The monoisotopic (exact) mass is 361 g/mol. The van der Waals surface area contributed by atoms with Gasteiger partial charge in [-0.25, -0.2) is 5.43 Å². The largest absolute Gasteiger partial charge is 0.289 e. The Balaban J connectivity index is 1.51. The van der Waals surface area contributed by atoms with Crippen LogP contribution in [-0.4, -0.2) is 27.2 Å². The zero-order chi connectivity index (χ0) is 18.8. The number of carbonyl (C=O) groups excluding carboxylic acids is 1. The van der Waals surface area contributed by atoms with Crippen molar-refractivity contribution in [2.75, 3.05) is 0 Å². The summed E-state index contributed by atoms with van der Waals surface area (Å²) in [6.45, 7) is 0. The summed E-state index contributed by atoms with van der Waals surface area (Å²) in [5, 5.41) is 21.8. The van der Waals surface area contributed by atoms with Gasteiger partial charge < -0.3 is 0 Å². The van der Waals surface area contributed by atoms with Crippen molar-refractivity contribution in [2.24, 2.45) is 5.10 Å². The number of nitro groups is 1. The number of benzene rings is 2. The van der Waals surface area contributed by atoms with E-state index in [0.717, 1.165) is 29.7 Å². The minimum atomic E-state index is -0.482. The lowest BCUT2D eigenvalue weighted by Gasteiger charge is -2.15. The minimum Gasteiger partial charge on any atom is -0.272 e. The number of carbonyl (C=O) groups is 1. The van der Waals surface area contributed by atoms with Crippen molar-refractivity contribution >= 4 is 17.8 Å². The van der Waals surface area contributed by atoms with Crippen molar-refractivity contribution in [3.63, 3.8) is 0 Å². The van der Waals surface area contributed by atoms with E-state index in [1.807, 2.05) is 18.2 Å². The second-order valence-corrected chi connectivity index (χ2v) is 6.13. The van der Waals surface area contributed by atoms with Crippen LogP contribution in [0.2, 0.25) is 0 Å². The lowest BCUT2D eigenvalue weighted by molar-refractivity contribution is -0.384. The predicted octanol–water partition coefficient (Wildman–Crippen LogP) is 2.85. The number of aryl methyl sites for hydroxylation is 1. The number of aromatic nitrogens is 2. The van der Waals surface area contributed by atoms with Crippen LogP contribution in [0.4, 0.5) is 5.69 Å². The molecule has 1 amide bonds. The Hall–Kier alpha value is -3.81. The highest BCUT2D eigenvalue weighted by Gasteiger charge is 2.24. The van der Waals surface area contributed by atoms with Gasteiger partial charge in [0, 0.05) is 28.8 Å². The third-order valence-electron chi connectivity index (χ3n) is 4.47. The number of rotatable bonds is 4. The number of amides is 1. The van der Waals surface area contributed by atoms with Crippen molar-refractivity contribution in [2.45, 2.75) is 12.8 Å². The molecule has 0 fully saturated rings. The number of H-pyrrole nitrogens is 1. The van der Waals surface area contributed by atoms with E-state index < -0.39 is 10.8 Å². The standard InChI is InChI=1S/C19H15N5O3/c25-19(23-20-11-12-4-3-6-14(10-12)24(26)27)18-16-9-8-13-5-1-2-7-15(13)17(16)21-22-18/h1-7,10-11H,8-9H2,(H,21,22)(H,23,25)/b20-11-. The Morgan fingerprint density at radius 1 is 1.22 bits per heavy atom. The molecule has 134 valence electrons. The van der Waals surface area contributed by atoms with E-state index in [0.29, 0.717) is 11.3 Å². The molecule has 0 unspecified atom stereocenters. The highest BCUT2D eigenvalue weighted by atomic mass is 16.6. The molecule has 3 aromatic rings. The molecule has 1 heterocycles. The smallest absolute Gasteiger partial charge is 0.272 e. The Morgan fingerprint density at radius 3 is 2.93 bits per heavy atom. The van der Waals surface area contributed by atoms with E-state index >= 15 is 0 Å². The molecule has 27 heavy (non-hydrogen) atoms. The number of hydrogen-bond acceptors (Lipinski definition) is 5. The average Bonchev–Trinajstić information content (AvgIpc) is 3.13. The summed E-state index contributed by atoms with van der Waals surface area (Å²) in [5.41, 5.74) is 7.23. The van der Waals surface area contributed by atoms with Gasteiger partial charge in [0.2, 0.25) is 0 Å². The topological polar surface area (TPSA) is 113 Å². The van der Waals surface area contributed by atoms with Gasteiger partial charge in [0.05, 0.1) is 16.8 Å². The normalized spacial score (nSPS) is 12.4. The molecule has 0 saturated heterocycles. The SMILES string of the molecule is O=C(N/N=C\c1cccc([N+](=O)[O-])c1)c1[nH]nc2c1CCc1ccccc1-2. The van der Waals surface area contributed by atoms with Crippen LogP contribution in [0, 0.1) is 10.1 Å². The van der Waals surface area contributed by atoms with Crippen LogP contribution in [-0.2, 0) is 12.8 Å². The van der Waals surface area contributed by atoms with Gasteiger partial charge in [-0.1, -0.05) is 36.4 Å². The maximum Gasteiger partial charge on any atom is 0.289 e. The molecule has 1 aliphatic carbocycles. The molecule has 2 N–H and O–H groups in total. The molecule has 0 aliphatic heterocycles. The summed E-state index contributed by atoms with van der Waals surface area (Å²) in [6.07, 6.45) is 2.93. The lowest BCUT2D eigenvalue weighted by atomic mass is 9.89. The van der Waals surface area contributed by atoms with Gasteiger partial charge in [-0.05, 0) is 18.4 Å². The van der Waals surface area contributed by atoms with Crippen LogP contribution in [0.3, 0.4) is 0 Å². The molecule has 0 radical (unpaired) electrons. The van der Waals surface area contributed by atoms with Gasteiger partial charge in [-0.2, -0.15) is 10.2 Å². The fraction of sp³-hybridized carbons (Fsp3) is 0.105. The molecule has 0 saturated carbocycles. The molecule has 8 heteroatoms. The number of aromatic amines is 1. The number of nitrogens with zero attached hydrogens (tertiary/aromatic N) is 3. The number of nitro benzene ring substituents is 1. The molecular weight excluding hydrogens is 346 g/mol. The zero-order valence-corrected chi connectivity index (χ0v) is 14.2. The van der Waals surface area contributed by atoms with Crippen LogP contribution in [0.5, 0.6) is 0 Å². The van der Waals surface area contributed by atoms with Crippen LogP contribution in [0.15, 0.2) is 53.6 Å². The Morgan fingerprint density at radius 2 is 2.07 bits per heavy atom. The average molecular weight is 361 g/mol. The summed E-state index contributed by atoms with van der Waals surface area (Å²) in [5.74, 6) is -0.398. The van der Waals surface area contributed by atoms with Gasteiger partial charge in [-0.3, -0.25) is 20.0 Å². The fourth-order valence-electron chi connectivity index (χ4n) is 3.19. The van der Waals surface area contributed by atoms with Crippen molar-refractivity contribution < 1.29 is 9.72 Å². The summed E-state index contributed by atoms with van der Waals surface area (Å²) in [4.78, 5) is 22.8. The first-order valence-corrected chi connectivity index (χ1v) is 8.37. The molecule has 2 aromatic carbocycles. The van der Waals surface area contributed by atoms with Crippen LogP contribution in [0.1, 0.15) is 27.2 Å². The quantitative estimate of drug-likeness (QED) is 0.422. The van der Waals surface area contributed by atoms with E-state index in [9.17, 15) is 14.9 Å². The molecular formula is C19H15N5O3. The van der Waals surface area contributed by atoms with E-state index in [4.69, 9.17) is 0 Å². The first-order valence-electron chi connectivity index (χ1n) is 8.37. The van der Waals surface area contributed by atoms with E-state index in [-0.39, 0.29) is 5.69 Å². The highest BCUT2D eigenvalue weighted by molar-refractivity contribution is 5.96. The molecule has 0 spiro atoms.